The van der Waals surface area contributed by atoms with Gasteiger partial charge >= 0.3 is 6.18 Å². The Morgan fingerprint density at radius 1 is 1.17 bits per heavy atom. The van der Waals surface area contributed by atoms with Crippen LogP contribution in [0.5, 0.6) is 5.75 Å². The fraction of sp³-hybridized carbons (Fsp3) is 0.158. The Kier molecular flexibility index (Phi) is 6.21. The van der Waals surface area contributed by atoms with Crippen molar-refractivity contribution in [1.29, 1.82) is 0 Å². The molecule has 1 aromatic heterocycles. The lowest BCUT2D eigenvalue weighted by atomic mass is 10.2. The summed E-state index contributed by atoms with van der Waals surface area (Å²) in [6, 6.07) is 11.6. The summed E-state index contributed by atoms with van der Waals surface area (Å²) < 4.78 is 57.2. The minimum atomic E-state index is -4.48. The molecule has 10 heteroatoms. The van der Waals surface area contributed by atoms with E-state index in [0.29, 0.717) is 10.0 Å². The van der Waals surface area contributed by atoms with E-state index in [-0.39, 0.29) is 29.5 Å². The summed E-state index contributed by atoms with van der Waals surface area (Å²) in [5, 5.41) is 6.75. The molecule has 1 amide bonds. The number of aromatic nitrogens is 2. The third-order valence-electron chi connectivity index (χ3n) is 3.74. The molecule has 0 atom stereocenters. The normalized spacial score (nSPS) is 11.3. The summed E-state index contributed by atoms with van der Waals surface area (Å²) in [6.45, 7) is -1.30. The topological polar surface area (TPSA) is 56.2 Å². The highest BCUT2D eigenvalue weighted by Gasteiger charge is 2.28. The van der Waals surface area contributed by atoms with Crippen LogP contribution in [0.25, 0.3) is 0 Å². The number of anilines is 1. The van der Waals surface area contributed by atoms with E-state index in [2.05, 4.69) is 31.1 Å². The molecule has 0 bridgehead atoms. The number of halogens is 5. The molecule has 5 nitrogen and oxygen atoms in total. The zero-order valence-corrected chi connectivity index (χ0v) is 16.3. The van der Waals surface area contributed by atoms with E-state index in [4.69, 9.17) is 0 Å². The summed E-state index contributed by atoms with van der Waals surface area (Å²) in [7, 11) is 0. The Labute approximate surface area is 171 Å². The van der Waals surface area contributed by atoms with Gasteiger partial charge < -0.3 is 10.1 Å². The van der Waals surface area contributed by atoms with Crippen molar-refractivity contribution < 1.29 is 27.1 Å². The molecular formula is C19H14BrF4N3O2. The van der Waals surface area contributed by atoms with Crippen molar-refractivity contribution in [3.05, 3.63) is 76.1 Å². The number of alkyl halides is 3. The van der Waals surface area contributed by atoms with Crippen molar-refractivity contribution in [1.82, 2.24) is 9.78 Å². The summed E-state index contributed by atoms with van der Waals surface area (Å²) >= 11 is 3.27. The van der Waals surface area contributed by atoms with Crippen LogP contribution >= 0.6 is 15.9 Å². The van der Waals surface area contributed by atoms with Crippen LogP contribution in [0.3, 0.4) is 0 Å². The zero-order chi connectivity index (χ0) is 21.0. The number of nitrogens with one attached hydrogen (secondary N) is 1. The molecular weight excluding hydrogens is 458 g/mol. The van der Waals surface area contributed by atoms with Crippen LogP contribution in [-0.4, -0.2) is 28.5 Å². The zero-order valence-electron chi connectivity index (χ0n) is 14.7. The van der Waals surface area contributed by atoms with E-state index in [1.54, 1.807) is 24.4 Å². The van der Waals surface area contributed by atoms with Gasteiger partial charge in [0.15, 0.2) is 12.4 Å². The largest absolute Gasteiger partial charge is 0.484 e. The van der Waals surface area contributed by atoms with Crippen LogP contribution in [0.4, 0.5) is 23.4 Å². The van der Waals surface area contributed by atoms with Crippen molar-refractivity contribution in [2.45, 2.75) is 12.7 Å². The van der Waals surface area contributed by atoms with Crippen LogP contribution in [0.1, 0.15) is 15.9 Å². The highest BCUT2D eigenvalue weighted by atomic mass is 79.9. The van der Waals surface area contributed by atoms with Crippen molar-refractivity contribution >= 4 is 27.7 Å². The number of benzene rings is 2. The Hall–Kier alpha value is -2.88. The van der Waals surface area contributed by atoms with Crippen LogP contribution in [0.2, 0.25) is 0 Å². The first-order valence-electron chi connectivity index (χ1n) is 8.28. The van der Waals surface area contributed by atoms with Crippen molar-refractivity contribution in [3.63, 3.8) is 0 Å². The highest BCUT2D eigenvalue weighted by Crippen LogP contribution is 2.23. The summed E-state index contributed by atoms with van der Waals surface area (Å²) in [5.41, 5.74) is 0.523. The maximum atomic E-state index is 13.8. The average molecular weight is 472 g/mol. The Morgan fingerprint density at radius 3 is 2.66 bits per heavy atom. The van der Waals surface area contributed by atoms with Gasteiger partial charge in [0.05, 0.1) is 11.0 Å². The lowest BCUT2D eigenvalue weighted by Gasteiger charge is -2.10. The minimum absolute atomic E-state index is 0.0841. The number of amides is 1. The van der Waals surface area contributed by atoms with Crippen LogP contribution in [0.15, 0.2) is 59.2 Å². The second-order valence-corrected chi connectivity index (χ2v) is 6.85. The second-order valence-electron chi connectivity index (χ2n) is 6.00. The molecule has 0 radical (unpaired) electrons. The van der Waals surface area contributed by atoms with Gasteiger partial charge in [-0.1, -0.05) is 24.3 Å². The standard InChI is InChI=1S/C19H14BrF4N3O2/c20-15-10-27(9-13-4-1-2-7-16(13)21)26-17(15)25-18(28)12-5-3-6-14(8-12)29-11-19(22,23)24/h1-8,10H,9,11H2,(H,25,26,28). The Balaban J connectivity index is 1.69. The first-order chi connectivity index (χ1) is 13.7. The van der Waals surface area contributed by atoms with Gasteiger partial charge in [0.2, 0.25) is 0 Å². The predicted molar refractivity (Wildman–Crippen MR) is 101 cm³/mol. The highest BCUT2D eigenvalue weighted by molar-refractivity contribution is 9.10. The van der Waals surface area contributed by atoms with Gasteiger partial charge in [-0.2, -0.15) is 18.3 Å². The summed E-state index contributed by atoms with van der Waals surface area (Å²) in [4.78, 5) is 12.4. The van der Waals surface area contributed by atoms with Crippen molar-refractivity contribution in [2.24, 2.45) is 0 Å². The first-order valence-corrected chi connectivity index (χ1v) is 9.08. The Morgan fingerprint density at radius 2 is 1.93 bits per heavy atom. The number of hydrogen-bond acceptors (Lipinski definition) is 3. The van der Waals surface area contributed by atoms with E-state index in [1.165, 1.54) is 35.0 Å². The molecule has 0 aliphatic heterocycles. The van der Waals surface area contributed by atoms with Gasteiger partial charge in [-0.25, -0.2) is 4.39 Å². The number of hydrogen-bond donors (Lipinski definition) is 1. The lowest BCUT2D eigenvalue weighted by Crippen LogP contribution is -2.19. The number of rotatable bonds is 6. The van der Waals surface area contributed by atoms with Crippen molar-refractivity contribution in [2.75, 3.05) is 11.9 Å². The molecule has 0 saturated heterocycles. The van der Waals surface area contributed by atoms with E-state index < -0.39 is 18.7 Å². The summed E-state index contributed by atoms with van der Waals surface area (Å²) in [5.74, 6) is -0.855. The van der Waals surface area contributed by atoms with E-state index in [0.717, 1.165) is 0 Å². The number of carbonyl (C=O) groups is 1. The van der Waals surface area contributed by atoms with Crippen LogP contribution < -0.4 is 10.1 Å². The molecule has 0 saturated carbocycles. The Bertz CT molecular complexity index is 1020. The molecule has 0 fully saturated rings. The number of carbonyl (C=O) groups excluding carboxylic acids is 1. The summed E-state index contributed by atoms with van der Waals surface area (Å²) in [6.07, 6.45) is -2.90. The molecule has 1 N–H and O–H groups in total. The van der Waals surface area contributed by atoms with Gasteiger partial charge in [-0.3, -0.25) is 9.48 Å². The van der Waals surface area contributed by atoms with Gasteiger partial charge in [0.25, 0.3) is 5.91 Å². The SMILES string of the molecule is O=C(Nc1nn(Cc2ccccc2F)cc1Br)c1cccc(OCC(F)(F)F)c1. The third-order valence-corrected chi connectivity index (χ3v) is 4.32. The molecule has 152 valence electrons. The van der Waals surface area contributed by atoms with Crippen molar-refractivity contribution in [3.8, 4) is 5.75 Å². The molecule has 1 heterocycles. The smallest absolute Gasteiger partial charge is 0.422 e. The van der Waals surface area contributed by atoms with E-state index in [1.807, 2.05) is 0 Å². The minimum Gasteiger partial charge on any atom is -0.484 e. The molecule has 0 unspecified atom stereocenters. The van der Waals surface area contributed by atoms with Gasteiger partial charge in [0, 0.05) is 17.3 Å². The second kappa shape index (κ2) is 8.64. The number of nitrogens with zero attached hydrogens (tertiary/aromatic N) is 2. The molecule has 3 rings (SSSR count). The van der Waals surface area contributed by atoms with E-state index in [9.17, 15) is 22.4 Å². The monoisotopic (exact) mass is 471 g/mol. The fourth-order valence-corrected chi connectivity index (χ4v) is 2.85. The molecule has 29 heavy (non-hydrogen) atoms. The molecule has 0 aliphatic rings. The van der Waals surface area contributed by atoms with Crippen LogP contribution in [0, 0.1) is 5.82 Å². The first kappa shape index (κ1) is 20.8. The fourth-order valence-electron chi connectivity index (χ4n) is 2.44. The lowest BCUT2D eigenvalue weighted by molar-refractivity contribution is -0.153. The molecule has 3 aromatic rings. The number of ether oxygens (including phenoxy) is 1. The maximum absolute atomic E-state index is 13.8. The van der Waals surface area contributed by atoms with Gasteiger partial charge in [0.1, 0.15) is 11.6 Å². The quantitative estimate of drug-likeness (QED) is 0.513. The van der Waals surface area contributed by atoms with E-state index >= 15 is 0 Å². The predicted octanol–water partition coefficient (Wildman–Crippen LogP) is 5.03. The average Bonchev–Trinajstić information content (AvgIpc) is 3.00. The third kappa shape index (κ3) is 5.80. The molecule has 2 aromatic carbocycles. The van der Waals surface area contributed by atoms with Gasteiger partial charge in [-0.05, 0) is 40.2 Å². The van der Waals surface area contributed by atoms with Gasteiger partial charge in [-0.15, -0.1) is 0 Å². The molecule has 0 aliphatic carbocycles. The van der Waals surface area contributed by atoms with Crippen LogP contribution in [-0.2, 0) is 6.54 Å². The maximum Gasteiger partial charge on any atom is 0.422 e. The molecule has 0 spiro atoms.